The molecule has 1 N–H and O–H groups in total. The summed E-state index contributed by atoms with van der Waals surface area (Å²) in [6.45, 7) is 8.41. The Kier molecular flexibility index (Phi) is 4.85. The summed E-state index contributed by atoms with van der Waals surface area (Å²) in [5.74, 6) is -0.136. The second-order valence-corrected chi connectivity index (χ2v) is 9.12. The number of halogens is 1. The summed E-state index contributed by atoms with van der Waals surface area (Å²) in [5.41, 5.74) is 4.83. The molecule has 4 nitrogen and oxygen atoms in total. The highest BCUT2D eigenvalue weighted by Crippen LogP contribution is 2.67. The van der Waals surface area contributed by atoms with Gasteiger partial charge in [0.15, 0.2) is 0 Å². The van der Waals surface area contributed by atoms with Crippen molar-refractivity contribution in [1.29, 1.82) is 0 Å². The number of hydrogen-bond acceptors (Lipinski definition) is 3. The minimum absolute atomic E-state index is 0. The zero-order chi connectivity index (χ0) is 18.9. The van der Waals surface area contributed by atoms with Crippen LogP contribution in [0.5, 0.6) is 0 Å². The van der Waals surface area contributed by atoms with Crippen LogP contribution < -0.4 is 29.3 Å². The number of nitrogens with one attached hydrogen (secondary N) is 1. The lowest BCUT2D eigenvalue weighted by atomic mass is 9.53. The van der Waals surface area contributed by atoms with E-state index in [0.717, 1.165) is 24.8 Å². The third kappa shape index (κ3) is 2.23. The van der Waals surface area contributed by atoms with Crippen LogP contribution in [0.4, 0.5) is 5.69 Å². The zero-order valence-corrected chi connectivity index (χ0v) is 19.3. The molecule has 5 heteroatoms. The number of nitrogens with zero attached hydrogens (tertiary/aromatic N) is 1. The number of benzene rings is 1. The summed E-state index contributed by atoms with van der Waals surface area (Å²) in [4.78, 5) is 12.9. The second-order valence-electron chi connectivity index (χ2n) is 9.12. The van der Waals surface area contributed by atoms with Crippen molar-refractivity contribution in [1.82, 2.24) is 0 Å². The topological polar surface area (TPSA) is 38.3 Å². The lowest BCUT2D eigenvalue weighted by molar-refractivity contribution is -0.952. The number of methoxy groups -OCH3 is 1. The number of esters is 1. The monoisotopic (exact) mass is 494 g/mol. The number of carbonyl (C=O) groups is 1. The van der Waals surface area contributed by atoms with Gasteiger partial charge in [-0.05, 0) is 44.2 Å². The van der Waals surface area contributed by atoms with E-state index < -0.39 is 0 Å². The first-order valence-corrected chi connectivity index (χ1v) is 10.6. The maximum absolute atomic E-state index is 12.9. The van der Waals surface area contributed by atoms with Crippen molar-refractivity contribution in [2.45, 2.75) is 57.4 Å². The first-order chi connectivity index (χ1) is 13.1. The number of anilines is 1. The number of carbonyl (C=O) groups excluding carboxylic acids is 1. The minimum atomic E-state index is -0.136. The Morgan fingerprint density at radius 3 is 2.75 bits per heavy atom. The Labute approximate surface area is 185 Å². The summed E-state index contributed by atoms with van der Waals surface area (Å²) in [6, 6.07) is 9.32. The molecule has 0 radical (unpaired) electrons. The van der Waals surface area contributed by atoms with Crippen LogP contribution in [0.3, 0.4) is 0 Å². The van der Waals surface area contributed by atoms with Crippen molar-refractivity contribution >= 4 is 11.7 Å². The highest BCUT2D eigenvalue weighted by Gasteiger charge is 2.72. The van der Waals surface area contributed by atoms with Gasteiger partial charge in [0.25, 0.3) is 0 Å². The smallest absolute Gasteiger partial charge is 0.335 e. The van der Waals surface area contributed by atoms with Gasteiger partial charge in [-0.25, -0.2) is 4.79 Å². The van der Waals surface area contributed by atoms with E-state index in [0.29, 0.717) is 6.04 Å². The Morgan fingerprint density at radius 2 is 2.04 bits per heavy atom. The molecule has 0 amide bonds. The Bertz CT molecular complexity index is 853. The average molecular weight is 494 g/mol. The maximum Gasteiger partial charge on any atom is 0.335 e. The number of fused-ring (bicyclic) bond motifs is 1. The van der Waals surface area contributed by atoms with Crippen molar-refractivity contribution in [3.63, 3.8) is 0 Å². The van der Waals surface area contributed by atoms with Gasteiger partial charge in [-0.2, -0.15) is 0 Å². The van der Waals surface area contributed by atoms with Gasteiger partial charge in [0, 0.05) is 23.2 Å². The molecule has 4 unspecified atom stereocenters. The van der Waals surface area contributed by atoms with Gasteiger partial charge in [0.2, 0.25) is 0 Å². The van der Waals surface area contributed by atoms with Gasteiger partial charge in [-0.3, -0.25) is 0 Å². The van der Waals surface area contributed by atoms with Gasteiger partial charge >= 0.3 is 5.97 Å². The van der Waals surface area contributed by atoms with Crippen LogP contribution in [0.2, 0.25) is 0 Å². The number of hydrogen-bond donors (Lipinski definition) is 1. The molecule has 1 spiro atoms. The normalized spacial score (nSPS) is 37.3. The number of ether oxygens (including phenoxy) is 1. The average Bonchev–Trinajstić information content (AvgIpc) is 3.25. The van der Waals surface area contributed by atoms with Crippen LogP contribution >= 0.6 is 0 Å². The van der Waals surface area contributed by atoms with Crippen LogP contribution in [0.15, 0.2) is 35.5 Å². The number of rotatable bonds is 3. The molecular weight excluding hydrogens is 463 g/mol. The largest absolute Gasteiger partial charge is 1.00 e. The van der Waals surface area contributed by atoms with Crippen LogP contribution in [-0.4, -0.2) is 43.2 Å². The van der Waals surface area contributed by atoms with Crippen LogP contribution in [0.1, 0.15) is 51.5 Å². The second kappa shape index (κ2) is 6.73. The van der Waals surface area contributed by atoms with E-state index in [2.05, 4.69) is 43.4 Å². The van der Waals surface area contributed by atoms with E-state index in [1.165, 1.54) is 61.0 Å². The molecule has 4 aliphatic rings. The number of piperidine rings is 1. The Morgan fingerprint density at radius 1 is 1.25 bits per heavy atom. The number of para-hydroxylation sites is 1. The van der Waals surface area contributed by atoms with Gasteiger partial charge < -0.3 is 38.5 Å². The van der Waals surface area contributed by atoms with Crippen molar-refractivity contribution in [2.75, 3.05) is 32.1 Å². The summed E-state index contributed by atoms with van der Waals surface area (Å²) in [7, 11) is 1.53. The maximum atomic E-state index is 12.9. The Hall–Kier alpha value is -1.08. The van der Waals surface area contributed by atoms with E-state index in [-0.39, 0.29) is 40.8 Å². The standard InChI is InChI=1S/C23H30N2O2.HI/c1-4-22-11-8-13-25(5-2)14-12-23(21(22)25)17-9-6-7-10-18(17)24-19(23)16(15-22)20(26)27-3;/h6-7,9-10,21H,4-5,8,11-15H2,1-3H3;1H. The highest BCUT2D eigenvalue weighted by atomic mass is 127. The third-order valence-corrected chi connectivity index (χ3v) is 8.53. The molecule has 4 atom stereocenters. The molecule has 0 bridgehead atoms. The third-order valence-electron chi connectivity index (χ3n) is 8.53. The lowest BCUT2D eigenvalue weighted by Crippen LogP contribution is -3.00. The molecule has 5 rings (SSSR count). The summed E-state index contributed by atoms with van der Waals surface area (Å²) in [5, 5.41) is 3.70. The molecule has 1 aromatic rings. The van der Waals surface area contributed by atoms with E-state index in [1.54, 1.807) is 0 Å². The van der Waals surface area contributed by atoms with Crippen molar-refractivity contribution in [3.8, 4) is 0 Å². The predicted octanol–water partition coefficient (Wildman–Crippen LogP) is 0.984. The molecule has 28 heavy (non-hydrogen) atoms. The molecule has 1 aliphatic carbocycles. The van der Waals surface area contributed by atoms with Gasteiger partial charge in [0.05, 0.1) is 37.7 Å². The molecule has 0 saturated carbocycles. The van der Waals surface area contributed by atoms with E-state index in [1.807, 2.05) is 0 Å². The fraction of sp³-hybridized carbons (Fsp3) is 0.609. The van der Waals surface area contributed by atoms with Gasteiger partial charge in [0.1, 0.15) is 6.04 Å². The summed E-state index contributed by atoms with van der Waals surface area (Å²) >= 11 is 0. The van der Waals surface area contributed by atoms with E-state index in [4.69, 9.17) is 4.74 Å². The molecule has 3 aliphatic heterocycles. The fourth-order valence-corrected chi connectivity index (χ4v) is 7.53. The molecule has 152 valence electrons. The van der Waals surface area contributed by atoms with Gasteiger partial charge in [-0.1, -0.05) is 25.1 Å². The SMILES string of the molecule is CCC12CCC[N+]3(CC)CCC4(C(=C(C(=O)OC)C1)Nc1ccccc14)C23.[I-]. The van der Waals surface area contributed by atoms with Crippen LogP contribution in [-0.2, 0) is 14.9 Å². The predicted molar refractivity (Wildman–Crippen MR) is 106 cm³/mol. The fourth-order valence-electron chi connectivity index (χ4n) is 7.53. The van der Waals surface area contributed by atoms with E-state index >= 15 is 0 Å². The number of quaternary nitrogens is 1. The first-order valence-electron chi connectivity index (χ1n) is 10.6. The molecule has 2 saturated heterocycles. The van der Waals surface area contributed by atoms with E-state index in [9.17, 15) is 4.79 Å². The van der Waals surface area contributed by atoms with Crippen LogP contribution in [0, 0.1) is 5.41 Å². The quantitative estimate of drug-likeness (QED) is 0.387. The minimum Gasteiger partial charge on any atom is -1.00 e. The van der Waals surface area contributed by atoms with Gasteiger partial charge in [-0.15, -0.1) is 0 Å². The van der Waals surface area contributed by atoms with Crippen molar-refractivity contribution < 1.29 is 38.0 Å². The summed E-state index contributed by atoms with van der Waals surface area (Å²) < 4.78 is 6.50. The van der Waals surface area contributed by atoms with Crippen molar-refractivity contribution in [3.05, 3.63) is 41.1 Å². The first kappa shape index (κ1) is 20.2. The highest BCUT2D eigenvalue weighted by molar-refractivity contribution is 5.93. The van der Waals surface area contributed by atoms with Crippen molar-refractivity contribution in [2.24, 2.45) is 5.41 Å². The molecule has 1 aromatic carbocycles. The lowest BCUT2D eigenvalue weighted by Gasteiger charge is -2.59. The zero-order valence-electron chi connectivity index (χ0n) is 17.2. The van der Waals surface area contributed by atoms with Crippen LogP contribution in [0.25, 0.3) is 0 Å². The summed E-state index contributed by atoms with van der Waals surface area (Å²) in [6.07, 6.45) is 5.63. The Balaban J connectivity index is 0.00000192. The number of likely N-dealkylation sites (N-methyl/N-ethyl adjacent to an activating group) is 1. The molecule has 2 fully saturated rings. The molecule has 3 heterocycles. The molecule has 0 aromatic heterocycles. The molecular formula is C23H31IN2O2.